The molecule has 0 fully saturated rings. The number of aromatic nitrogens is 2. The predicted octanol–water partition coefficient (Wildman–Crippen LogP) is 3.81. The summed E-state index contributed by atoms with van der Waals surface area (Å²) in [6.45, 7) is 0.284. The first-order valence-corrected chi connectivity index (χ1v) is 7.99. The molecule has 0 saturated heterocycles. The third-order valence-corrected chi connectivity index (χ3v) is 3.56. The molecule has 0 unspecified atom stereocenters. The average molecular weight is 339 g/mol. The van der Waals surface area contributed by atoms with E-state index < -0.39 is 5.82 Å². The number of carbonyl (C=O) groups excluding carboxylic acids is 1. The summed E-state index contributed by atoms with van der Waals surface area (Å²) < 4.78 is 20.5. The molecule has 0 radical (unpaired) electrons. The molecule has 0 saturated carbocycles. The Morgan fingerprint density at radius 3 is 2.64 bits per heavy atom. The third-order valence-electron chi connectivity index (χ3n) is 3.56. The van der Waals surface area contributed by atoms with Crippen molar-refractivity contribution in [3.63, 3.8) is 0 Å². The van der Waals surface area contributed by atoms with Gasteiger partial charge in [0.15, 0.2) is 11.6 Å². The Labute approximate surface area is 145 Å². The zero-order valence-electron chi connectivity index (χ0n) is 13.6. The number of amides is 1. The van der Waals surface area contributed by atoms with Crippen LogP contribution in [0.1, 0.15) is 12.8 Å². The summed E-state index contributed by atoms with van der Waals surface area (Å²) in [6, 6.07) is 15.5. The second-order valence-electron chi connectivity index (χ2n) is 5.43. The number of halogens is 1. The molecule has 5 nitrogen and oxygen atoms in total. The van der Waals surface area contributed by atoms with Gasteiger partial charge in [-0.05, 0) is 48.9 Å². The zero-order chi connectivity index (χ0) is 17.5. The highest BCUT2D eigenvalue weighted by molar-refractivity contribution is 5.90. The molecule has 1 aromatic heterocycles. The van der Waals surface area contributed by atoms with Crippen LogP contribution in [0.15, 0.2) is 67.0 Å². The van der Waals surface area contributed by atoms with Crippen molar-refractivity contribution < 1.29 is 13.9 Å². The molecule has 3 rings (SSSR count). The lowest BCUT2D eigenvalue weighted by Gasteiger charge is -2.08. The number of hydrogen-bond acceptors (Lipinski definition) is 3. The van der Waals surface area contributed by atoms with Crippen molar-refractivity contribution in [1.29, 1.82) is 0 Å². The molecule has 1 amide bonds. The van der Waals surface area contributed by atoms with Gasteiger partial charge in [-0.25, -0.2) is 9.07 Å². The number of nitrogens with zero attached hydrogens (tertiary/aromatic N) is 2. The van der Waals surface area contributed by atoms with Crippen LogP contribution >= 0.6 is 0 Å². The van der Waals surface area contributed by atoms with E-state index in [2.05, 4.69) is 10.4 Å². The monoisotopic (exact) mass is 339 g/mol. The Hall–Kier alpha value is -3.15. The largest absolute Gasteiger partial charge is 0.491 e. The van der Waals surface area contributed by atoms with Crippen LogP contribution in [0.2, 0.25) is 0 Å². The van der Waals surface area contributed by atoms with Crippen LogP contribution in [0.25, 0.3) is 5.69 Å². The van der Waals surface area contributed by atoms with Crippen LogP contribution < -0.4 is 10.1 Å². The van der Waals surface area contributed by atoms with Gasteiger partial charge in [0.05, 0.1) is 12.3 Å². The first-order valence-electron chi connectivity index (χ1n) is 7.99. The number of rotatable bonds is 7. The normalized spacial score (nSPS) is 10.4. The first-order chi connectivity index (χ1) is 12.2. The lowest BCUT2D eigenvalue weighted by molar-refractivity contribution is -0.116. The molecule has 2 aromatic carbocycles. The van der Waals surface area contributed by atoms with Crippen molar-refractivity contribution in [3.05, 3.63) is 72.8 Å². The Balaban J connectivity index is 1.42. The predicted molar refractivity (Wildman–Crippen MR) is 93.3 cm³/mol. The fourth-order valence-electron chi connectivity index (χ4n) is 2.32. The van der Waals surface area contributed by atoms with E-state index in [9.17, 15) is 9.18 Å². The van der Waals surface area contributed by atoms with Gasteiger partial charge in [0.1, 0.15) is 0 Å². The van der Waals surface area contributed by atoms with Gasteiger partial charge in [-0.3, -0.25) is 4.79 Å². The van der Waals surface area contributed by atoms with Crippen molar-refractivity contribution in [2.75, 3.05) is 11.9 Å². The SMILES string of the molecule is O=C(CCCOc1ccccc1F)Nc1ccc(-n2cccn2)cc1. The molecule has 0 aliphatic heterocycles. The number of benzene rings is 2. The Morgan fingerprint density at radius 2 is 1.92 bits per heavy atom. The Morgan fingerprint density at radius 1 is 1.12 bits per heavy atom. The molecular weight excluding hydrogens is 321 g/mol. The van der Waals surface area contributed by atoms with E-state index in [4.69, 9.17) is 4.74 Å². The number of carbonyl (C=O) groups is 1. The lowest BCUT2D eigenvalue weighted by Crippen LogP contribution is -2.13. The van der Waals surface area contributed by atoms with Crippen molar-refractivity contribution in [3.8, 4) is 11.4 Å². The maximum atomic E-state index is 13.4. The third kappa shape index (κ3) is 4.67. The number of ether oxygens (including phenoxy) is 1. The highest BCUT2D eigenvalue weighted by Gasteiger charge is 2.05. The summed E-state index contributed by atoms with van der Waals surface area (Å²) in [5.74, 6) is -0.301. The molecule has 0 aliphatic rings. The number of anilines is 1. The number of nitrogens with one attached hydrogen (secondary N) is 1. The Bertz CT molecular complexity index is 817. The molecule has 1 heterocycles. The summed E-state index contributed by atoms with van der Waals surface area (Å²) in [4.78, 5) is 11.9. The highest BCUT2D eigenvalue weighted by atomic mass is 19.1. The van der Waals surface area contributed by atoms with Gasteiger partial charge < -0.3 is 10.1 Å². The van der Waals surface area contributed by atoms with Crippen molar-refractivity contribution >= 4 is 11.6 Å². The summed E-state index contributed by atoms with van der Waals surface area (Å²) >= 11 is 0. The maximum Gasteiger partial charge on any atom is 0.224 e. The fourth-order valence-corrected chi connectivity index (χ4v) is 2.32. The highest BCUT2D eigenvalue weighted by Crippen LogP contribution is 2.16. The smallest absolute Gasteiger partial charge is 0.224 e. The van der Waals surface area contributed by atoms with Crippen LogP contribution in [0, 0.1) is 5.82 Å². The van der Waals surface area contributed by atoms with Crippen LogP contribution in [0.5, 0.6) is 5.75 Å². The minimum atomic E-state index is -0.399. The van der Waals surface area contributed by atoms with Crippen LogP contribution in [-0.4, -0.2) is 22.3 Å². The molecule has 0 aliphatic carbocycles. The molecule has 0 atom stereocenters. The first kappa shape index (κ1) is 16.7. The summed E-state index contributed by atoms with van der Waals surface area (Å²) in [5.41, 5.74) is 1.64. The van der Waals surface area contributed by atoms with Gasteiger partial charge in [0.2, 0.25) is 5.91 Å². The second-order valence-corrected chi connectivity index (χ2v) is 5.43. The van der Waals surface area contributed by atoms with E-state index in [0.29, 0.717) is 12.8 Å². The molecule has 1 N–H and O–H groups in total. The molecule has 25 heavy (non-hydrogen) atoms. The standard InChI is InChI=1S/C19H18FN3O2/c20-17-5-1-2-6-18(17)25-14-3-7-19(24)22-15-8-10-16(11-9-15)23-13-4-12-21-23/h1-2,4-6,8-13H,3,7,14H2,(H,22,24). The molecule has 0 bridgehead atoms. The lowest BCUT2D eigenvalue weighted by atomic mass is 10.2. The van der Waals surface area contributed by atoms with Crippen LogP contribution in [0.4, 0.5) is 10.1 Å². The average Bonchev–Trinajstić information content (AvgIpc) is 3.15. The van der Waals surface area contributed by atoms with Crippen molar-refractivity contribution in [1.82, 2.24) is 9.78 Å². The molecular formula is C19H18FN3O2. The summed E-state index contributed by atoms with van der Waals surface area (Å²) in [5, 5.41) is 6.97. The zero-order valence-corrected chi connectivity index (χ0v) is 13.6. The number of para-hydroxylation sites is 1. The Kier molecular flexibility index (Phi) is 5.41. The molecule has 3 aromatic rings. The van der Waals surface area contributed by atoms with E-state index in [1.807, 2.05) is 36.5 Å². The van der Waals surface area contributed by atoms with E-state index in [1.165, 1.54) is 6.07 Å². The van der Waals surface area contributed by atoms with Crippen LogP contribution in [0.3, 0.4) is 0 Å². The van der Waals surface area contributed by atoms with E-state index >= 15 is 0 Å². The molecule has 6 heteroatoms. The van der Waals surface area contributed by atoms with Gasteiger partial charge in [0, 0.05) is 24.5 Å². The molecule has 0 spiro atoms. The molecule has 128 valence electrons. The van der Waals surface area contributed by atoms with E-state index in [-0.39, 0.29) is 18.3 Å². The van der Waals surface area contributed by atoms with E-state index in [1.54, 1.807) is 29.1 Å². The summed E-state index contributed by atoms with van der Waals surface area (Å²) in [7, 11) is 0. The van der Waals surface area contributed by atoms with Gasteiger partial charge in [-0.1, -0.05) is 12.1 Å². The number of hydrogen-bond donors (Lipinski definition) is 1. The van der Waals surface area contributed by atoms with Gasteiger partial charge in [-0.2, -0.15) is 5.10 Å². The second kappa shape index (κ2) is 8.10. The maximum absolute atomic E-state index is 13.4. The van der Waals surface area contributed by atoms with Crippen LogP contribution in [-0.2, 0) is 4.79 Å². The summed E-state index contributed by atoms with van der Waals surface area (Å²) in [6.07, 6.45) is 4.36. The minimum Gasteiger partial charge on any atom is -0.491 e. The quantitative estimate of drug-likeness (QED) is 0.666. The van der Waals surface area contributed by atoms with Gasteiger partial charge in [-0.15, -0.1) is 0 Å². The minimum absolute atomic E-state index is 0.107. The van der Waals surface area contributed by atoms with Crippen molar-refractivity contribution in [2.45, 2.75) is 12.8 Å². The van der Waals surface area contributed by atoms with Gasteiger partial charge >= 0.3 is 0 Å². The van der Waals surface area contributed by atoms with E-state index in [0.717, 1.165) is 11.4 Å². The van der Waals surface area contributed by atoms with Crippen molar-refractivity contribution in [2.24, 2.45) is 0 Å². The fraction of sp³-hybridized carbons (Fsp3) is 0.158. The topological polar surface area (TPSA) is 56.1 Å². The van der Waals surface area contributed by atoms with Gasteiger partial charge in [0.25, 0.3) is 0 Å².